The minimum absolute atomic E-state index is 0.613. The fraction of sp³-hybridized carbons (Fsp3) is 1.00. The second kappa shape index (κ2) is 6.05. The van der Waals surface area contributed by atoms with Crippen LogP contribution < -0.4 is 5.48 Å². The average Bonchev–Trinajstić information content (AvgIpc) is 1.80. The molecule has 0 aromatic heterocycles. The molecule has 55 valence electrons. The smallest absolute Gasteiger partial charge is 0.0700 e. The molecule has 0 aromatic carbocycles. The molecule has 0 rings (SSSR count). The molecule has 2 nitrogen and oxygen atoms in total. The van der Waals surface area contributed by atoms with E-state index in [1.54, 1.807) is 0 Å². The third-order valence-electron chi connectivity index (χ3n) is 0.826. The first kappa shape index (κ1) is 8.92. The summed E-state index contributed by atoms with van der Waals surface area (Å²) in [5.74, 6) is 0.613. The highest BCUT2D eigenvalue weighted by Crippen LogP contribution is 1.88. The van der Waals surface area contributed by atoms with Crippen molar-refractivity contribution in [3.8, 4) is 0 Å². The fourth-order valence-corrected chi connectivity index (χ4v) is 0.358. The zero-order chi connectivity index (χ0) is 7.11. The minimum atomic E-state index is 0.613. The van der Waals surface area contributed by atoms with Gasteiger partial charge in [0.1, 0.15) is 0 Å². The van der Waals surface area contributed by atoms with Crippen molar-refractivity contribution in [2.75, 3.05) is 13.2 Å². The van der Waals surface area contributed by atoms with E-state index >= 15 is 0 Å². The first-order valence-corrected chi connectivity index (χ1v) is 3.56. The van der Waals surface area contributed by atoms with Gasteiger partial charge in [-0.1, -0.05) is 26.3 Å². The predicted octanol–water partition coefficient (Wildman–Crippen LogP) is 1.59. The van der Waals surface area contributed by atoms with Gasteiger partial charge in [-0.15, -0.1) is 0 Å². The van der Waals surface area contributed by atoms with E-state index in [4.69, 9.17) is 4.84 Å². The Morgan fingerprint density at radius 1 is 1.44 bits per heavy atom. The monoisotopic (exact) mass is 130 g/mol. The quantitative estimate of drug-likeness (QED) is 0.409. The summed E-state index contributed by atoms with van der Waals surface area (Å²) >= 11 is 0. The van der Waals surface area contributed by atoms with E-state index in [1.165, 1.54) is 0 Å². The van der Waals surface area contributed by atoms with Crippen molar-refractivity contribution >= 4 is 0 Å². The molecular formula is C7H16NO. The van der Waals surface area contributed by atoms with Gasteiger partial charge in [0.2, 0.25) is 0 Å². The Labute approximate surface area is 57.5 Å². The summed E-state index contributed by atoms with van der Waals surface area (Å²) in [7, 11) is 0. The molecule has 0 aromatic rings. The topological polar surface area (TPSA) is 23.3 Å². The summed E-state index contributed by atoms with van der Waals surface area (Å²) in [5, 5.41) is 0. The van der Waals surface area contributed by atoms with Crippen molar-refractivity contribution in [1.29, 1.82) is 0 Å². The molecule has 9 heavy (non-hydrogen) atoms. The van der Waals surface area contributed by atoms with Crippen molar-refractivity contribution < 1.29 is 4.84 Å². The molecule has 1 radical (unpaired) electrons. The SMILES string of the molecule is CCCO[N]CC(C)C. The Morgan fingerprint density at radius 2 is 2.11 bits per heavy atom. The van der Waals surface area contributed by atoms with Crippen molar-refractivity contribution in [3.05, 3.63) is 0 Å². The fourth-order valence-electron chi connectivity index (χ4n) is 0.358. The number of nitrogens with zero attached hydrogens (tertiary/aromatic N) is 1. The van der Waals surface area contributed by atoms with Gasteiger partial charge in [0.25, 0.3) is 0 Å². The van der Waals surface area contributed by atoms with E-state index in [0.717, 1.165) is 19.6 Å². The van der Waals surface area contributed by atoms with Crippen LogP contribution in [0.1, 0.15) is 27.2 Å². The van der Waals surface area contributed by atoms with E-state index in [1.807, 2.05) is 0 Å². The van der Waals surface area contributed by atoms with Crippen LogP contribution in [0.4, 0.5) is 0 Å². The maximum Gasteiger partial charge on any atom is 0.0700 e. The van der Waals surface area contributed by atoms with Gasteiger partial charge >= 0.3 is 0 Å². The number of hydroxylamine groups is 1. The number of rotatable bonds is 5. The van der Waals surface area contributed by atoms with Crippen molar-refractivity contribution in [2.45, 2.75) is 27.2 Å². The molecule has 0 aliphatic carbocycles. The van der Waals surface area contributed by atoms with Crippen molar-refractivity contribution in [3.63, 3.8) is 0 Å². The van der Waals surface area contributed by atoms with E-state index in [2.05, 4.69) is 26.3 Å². The standard InChI is InChI=1S/C7H16NO/c1-4-5-9-8-6-7(2)3/h7H,4-6H2,1-3H3. The van der Waals surface area contributed by atoms with Gasteiger partial charge in [0.15, 0.2) is 0 Å². The van der Waals surface area contributed by atoms with Crippen LogP contribution in [-0.2, 0) is 4.84 Å². The molecule has 0 bridgehead atoms. The molecule has 0 fully saturated rings. The molecule has 0 saturated heterocycles. The Balaban J connectivity index is 2.75. The van der Waals surface area contributed by atoms with Gasteiger partial charge in [-0.3, -0.25) is 4.84 Å². The molecule has 0 atom stereocenters. The third kappa shape index (κ3) is 7.92. The van der Waals surface area contributed by atoms with Crippen LogP contribution in [0.3, 0.4) is 0 Å². The lowest BCUT2D eigenvalue weighted by atomic mass is 10.2. The lowest BCUT2D eigenvalue weighted by Gasteiger charge is -2.02. The van der Waals surface area contributed by atoms with Crippen molar-refractivity contribution in [1.82, 2.24) is 5.48 Å². The molecule has 0 aliphatic rings. The van der Waals surface area contributed by atoms with Crippen LogP contribution in [0.2, 0.25) is 0 Å². The average molecular weight is 130 g/mol. The maximum absolute atomic E-state index is 4.92. The summed E-state index contributed by atoms with van der Waals surface area (Å²) in [6.07, 6.45) is 1.04. The van der Waals surface area contributed by atoms with Crippen LogP contribution in [0.5, 0.6) is 0 Å². The summed E-state index contributed by atoms with van der Waals surface area (Å²) in [6.45, 7) is 7.90. The Hall–Kier alpha value is -0.0800. The second-order valence-electron chi connectivity index (χ2n) is 2.54. The molecular weight excluding hydrogens is 114 g/mol. The van der Waals surface area contributed by atoms with Crippen LogP contribution in [0.15, 0.2) is 0 Å². The molecule has 0 amide bonds. The van der Waals surface area contributed by atoms with Gasteiger partial charge in [-0.25, -0.2) is 0 Å². The molecule has 0 heterocycles. The highest BCUT2D eigenvalue weighted by Gasteiger charge is 1.92. The van der Waals surface area contributed by atoms with E-state index in [9.17, 15) is 0 Å². The molecule has 0 unspecified atom stereocenters. The minimum Gasteiger partial charge on any atom is -0.282 e. The Bertz CT molecular complexity index is 54.9. The van der Waals surface area contributed by atoms with Gasteiger partial charge < -0.3 is 0 Å². The largest absolute Gasteiger partial charge is 0.282 e. The summed E-state index contributed by atoms with van der Waals surface area (Å²) < 4.78 is 0. The number of hydrogen-bond donors (Lipinski definition) is 0. The van der Waals surface area contributed by atoms with Gasteiger partial charge in [-0.2, -0.15) is 0 Å². The van der Waals surface area contributed by atoms with Crippen LogP contribution in [0.25, 0.3) is 0 Å². The molecule has 0 spiro atoms. The third-order valence-corrected chi connectivity index (χ3v) is 0.826. The lowest BCUT2D eigenvalue weighted by Crippen LogP contribution is -2.12. The summed E-state index contributed by atoms with van der Waals surface area (Å²) in [5.41, 5.74) is 3.86. The first-order valence-electron chi connectivity index (χ1n) is 3.56. The molecule has 0 aliphatic heterocycles. The van der Waals surface area contributed by atoms with Crippen molar-refractivity contribution in [2.24, 2.45) is 5.92 Å². The Morgan fingerprint density at radius 3 is 2.56 bits per heavy atom. The number of hydrogen-bond acceptors (Lipinski definition) is 1. The lowest BCUT2D eigenvalue weighted by molar-refractivity contribution is 0.0272. The highest BCUT2D eigenvalue weighted by atomic mass is 16.6. The normalized spacial score (nSPS) is 10.7. The zero-order valence-electron chi connectivity index (χ0n) is 6.55. The van der Waals surface area contributed by atoms with Crippen LogP contribution >= 0.6 is 0 Å². The van der Waals surface area contributed by atoms with E-state index in [0.29, 0.717) is 5.92 Å². The van der Waals surface area contributed by atoms with Crippen LogP contribution in [-0.4, -0.2) is 13.2 Å². The predicted molar refractivity (Wildman–Crippen MR) is 38.1 cm³/mol. The maximum atomic E-state index is 4.92. The molecule has 0 saturated carbocycles. The highest BCUT2D eigenvalue weighted by molar-refractivity contribution is 4.40. The zero-order valence-corrected chi connectivity index (χ0v) is 6.55. The summed E-state index contributed by atoms with van der Waals surface area (Å²) in [6, 6.07) is 0. The molecule has 0 N–H and O–H groups in total. The van der Waals surface area contributed by atoms with E-state index in [-0.39, 0.29) is 0 Å². The molecule has 2 heteroatoms. The van der Waals surface area contributed by atoms with Gasteiger partial charge in [0.05, 0.1) is 6.61 Å². The van der Waals surface area contributed by atoms with Gasteiger partial charge in [-0.05, 0) is 12.3 Å². The van der Waals surface area contributed by atoms with E-state index < -0.39 is 0 Å². The first-order chi connectivity index (χ1) is 4.27. The summed E-state index contributed by atoms with van der Waals surface area (Å²) in [4.78, 5) is 4.92. The van der Waals surface area contributed by atoms with Crippen LogP contribution in [0, 0.1) is 5.92 Å². The Kier molecular flexibility index (Phi) is 5.99. The second-order valence-corrected chi connectivity index (χ2v) is 2.54. The van der Waals surface area contributed by atoms with Gasteiger partial charge in [0, 0.05) is 6.54 Å².